The molecule has 0 spiro atoms. The van der Waals surface area contributed by atoms with Crippen molar-refractivity contribution in [2.24, 2.45) is 5.92 Å². The maximum Gasteiger partial charge on any atom is 0.0697 e. The van der Waals surface area contributed by atoms with E-state index in [0.717, 1.165) is 19.4 Å². The number of rotatable bonds is 1. The van der Waals surface area contributed by atoms with Gasteiger partial charge in [-0.05, 0) is 32.7 Å². The first kappa shape index (κ1) is 10.0. The zero-order valence-electron chi connectivity index (χ0n) is 8.67. The molecular formula is C10H21NO. The van der Waals surface area contributed by atoms with E-state index in [4.69, 9.17) is 0 Å². The molecule has 1 rings (SSSR count). The molecular weight excluding hydrogens is 150 g/mol. The first-order chi connectivity index (χ1) is 5.49. The van der Waals surface area contributed by atoms with Crippen LogP contribution in [0.1, 0.15) is 33.6 Å². The lowest BCUT2D eigenvalue weighted by Crippen LogP contribution is -2.53. The molecule has 12 heavy (non-hydrogen) atoms. The number of likely N-dealkylation sites (tertiary alicyclic amines) is 1. The fourth-order valence-corrected chi connectivity index (χ4v) is 2.14. The van der Waals surface area contributed by atoms with Gasteiger partial charge in [-0.2, -0.15) is 0 Å². The van der Waals surface area contributed by atoms with Gasteiger partial charge in [0, 0.05) is 12.6 Å². The largest absolute Gasteiger partial charge is 0.390 e. The van der Waals surface area contributed by atoms with E-state index in [9.17, 15) is 5.11 Å². The van der Waals surface area contributed by atoms with Gasteiger partial charge < -0.3 is 10.0 Å². The summed E-state index contributed by atoms with van der Waals surface area (Å²) in [6.45, 7) is 7.43. The summed E-state index contributed by atoms with van der Waals surface area (Å²) < 4.78 is 0. The predicted octanol–water partition coefficient (Wildman–Crippen LogP) is 1.49. The number of piperidine rings is 1. The number of hydrogen-bond acceptors (Lipinski definition) is 2. The standard InChI is InChI=1S/C10H21NO/c1-5-10(12)6-9(3)11(4)7-8(10)2/h8-9,12H,5-7H2,1-4H3/t8-,9-,10+/m0/s1. The highest BCUT2D eigenvalue weighted by Gasteiger charge is 2.39. The Labute approximate surface area is 75.6 Å². The lowest BCUT2D eigenvalue weighted by molar-refractivity contribution is -0.0806. The second-order valence-electron chi connectivity index (χ2n) is 4.35. The molecule has 0 aliphatic carbocycles. The van der Waals surface area contributed by atoms with Crippen LogP contribution in [0, 0.1) is 5.92 Å². The normalized spacial score (nSPS) is 44.8. The van der Waals surface area contributed by atoms with Crippen molar-refractivity contribution in [1.82, 2.24) is 4.90 Å². The second kappa shape index (κ2) is 3.35. The van der Waals surface area contributed by atoms with Gasteiger partial charge in [-0.3, -0.25) is 0 Å². The van der Waals surface area contributed by atoms with Gasteiger partial charge in [-0.15, -0.1) is 0 Å². The van der Waals surface area contributed by atoms with E-state index in [1.54, 1.807) is 0 Å². The van der Waals surface area contributed by atoms with Crippen molar-refractivity contribution in [3.05, 3.63) is 0 Å². The summed E-state index contributed by atoms with van der Waals surface area (Å²) in [5, 5.41) is 10.2. The predicted molar refractivity (Wildman–Crippen MR) is 51.1 cm³/mol. The molecule has 1 heterocycles. The molecule has 2 heteroatoms. The second-order valence-corrected chi connectivity index (χ2v) is 4.35. The van der Waals surface area contributed by atoms with Crippen molar-refractivity contribution in [3.63, 3.8) is 0 Å². The van der Waals surface area contributed by atoms with Crippen molar-refractivity contribution < 1.29 is 5.11 Å². The number of aliphatic hydroxyl groups is 1. The molecule has 0 radical (unpaired) electrons. The average Bonchev–Trinajstić information content (AvgIpc) is 2.01. The average molecular weight is 171 g/mol. The molecule has 0 saturated carbocycles. The summed E-state index contributed by atoms with van der Waals surface area (Å²) in [5.41, 5.74) is -0.411. The Hall–Kier alpha value is -0.0800. The lowest BCUT2D eigenvalue weighted by atomic mass is 9.77. The highest BCUT2D eigenvalue weighted by molar-refractivity contribution is 4.92. The molecule has 1 N–H and O–H groups in total. The fraction of sp³-hybridized carbons (Fsp3) is 1.00. The van der Waals surface area contributed by atoms with Gasteiger partial charge in [0.2, 0.25) is 0 Å². The van der Waals surface area contributed by atoms with E-state index in [-0.39, 0.29) is 0 Å². The van der Waals surface area contributed by atoms with Crippen LogP contribution in [-0.4, -0.2) is 35.2 Å². The molecule has 1 fully saturated rings. The SMILES string of the molecule is CC[C@@]1(O)C[C@H](C)N(C)C[C@@H]1C. The molecule has 0 aromatic heterocycles. The van der Waals surface area contributed by atoms with Crippen LogP contribution >= 0.6 is 0 Å². The molecule has 3 atom stereocenters. The third-order valence-electron chi connectivity index (χ3n) is 3.49. The molecule has 0 amide bonds. The van der Waals surface area contributed by atoms with Crippen LogP contribution in [0.5, 0.6) is 0 Å². The third-order valence-corrected chi connectivity index (χ3v) is 3.49. The van der Waals surface area contributed by atoms with Gasteiger partial charge in [0.15, 0.2) is 0 Å². The van der Waals surface area contributed by atoms with Crippen molar-refractivity contribution in [2.75, 3.05) is 13.6 Å². The van der Waals surface area contributed by atoms with Gasteiger partial charge in [0.05, 0.1) is 5.60 Å². The minimum atomic E-state index is -0.411. The first-order valence-corrected chi connectivity index (χ1v) is 4.92. The van der Waals surface area contributed by atoms with Crippen LogP contribution in [0.4, 0.5) is 0 Å². The maximum atomic E-state index is 10.2. The third kappa shape index (κ3) is 1.64. The van der Waals surface area contributed by atoms with Crippen LogP contribution < -0.4 is 0 Å². The Kier molecular flexibility index (Phi) is 2.79. The lowest BCUT2D eigenvalue weighted by Gasteiger charge is -2.45. The molecule has 1 aliphatic heterocycles. The van der Waals surface area contributed by atoms with Crippen LogP contribution in [0.3, 0.4) is 0 Å². The van der Waals surface area contributed by atoms with Gasteiger partial charge in [0.1, 0.15) is 0 Å². The Morgan fingerprint density at radius 1 is 1.50 bits per heavy atom. The van der Waals surface area contributed by atoms with E-state index < -0.39 is 5.60 Å². The quantitative estimate of drug-likeness (QED) is 0.646. The minimum Gasteiger partial charge on any atom is -0.390 e. The summed E-state index contributed by atoms with van der Waals surface area (Å²) in [6.07, 6.45) is 1.80. The molecule has 72 valence electrons. The number of nitrogens with zero attached hydrogens (tertiary/aromatic N) is 1. The zero-order valence-corrected chi connectivity index (χ0v) is 8.67. The summed E-state index contributed by atoms with van der Waals surface area (Å²) >= 11 is 0. The minimum absolute atomic E-state index is 0.406. The topological polar surface area (TPSA) is 23.5 Å². The van der Waals surface area contributed by atoms with Crippen LogP contribution in [0.2, 0.25) is 0 Å². The maximum absolute atomic E-state index is 10.2. The summed E-state index contributed by atoms with van der Waals surface area (Å²) in [4.78, 5) is 2.33. The fourth-order valence-electron chi connectivity index (χ4n) is 2.14. The van der Waals surface area contributed by atoms with Gasteiger partial charge in [-0.1, -0.05) is 13.8 Å². The van der Waals surface area contributed by atoms with Gasteiger partial charge in [-0.25, -0.2) is 0 Å². The van der Waals surface area contributed by atoms with Crippen molar-refractivity contribution >= 4 is 0 Å². The van der Waals surface area contributed by atoms with E-state index in [1.807, 2.05) is 0 Å². The van der Waals surface area contributed by atoms with Crippen molar-refractivity contribution in [1.29, 1.82) is 0 Å². The summed E-state index contributed by atoms with van der Waals surface area (Å²) in [7, 11) is 2.14. The van der Waals surface area contributed by atoms with Gasteiger partial charge in [0.25, 0.3) is 0 Å². The van der Waals surface area contributed by atoms with E-state index in [1.165, 1.54) is 0 Å². The molecule has 1 aliphatic rings. The van der Waals surface area contributed by atoms with Crippen molar-refractivity contribution in [2.45, 2.75) is 45.3 Å². The first-order valence-electron chi connectivity index (χ1n) is 4.92. The molecule has 0 unspecified atom stereocenters. The summed E-state index contributed by atoms with van der Waals surface area (Å²) in [6, 6.07) is 0.520. The van der Waals surface area contributed by atoms with Crippen molar-refractivity contribution in [3.8, 4) is 0 Å². The van der Waals surface area contributed by atoms with Crippen LogP contribution in [-0.2, 0) is 0 Å². The number of hydrogen-bond donors (Lipinski definition) is 1. The smallest absolute Gasteiger partial charge is 0.0697 e. The zero-order chi connectivity index (χ0) is 9.35. The Balaban J connectivity index is 2.67. The van der Waals surface area contributed by atoms with Crippen LogP contribution in [0.15, 0.2) is 0 Å². The summed E-state index contributed by atoms with van der Waals surface area (Å²) in [5.74, 6) is 0.406. The van der Waals surface area contributed by atoms with Gasteiger partial charge >= 0.3 is 0 Å². The molecule has 0 aromatic carbocycles. The molecule has 1 saturated heterocycles. The Morgan fingerprint density at radius 2 is 2.08 bits per heavy atom. The monoisotopic (exact) mass is 171 g/mol. The molecule has 0 aromatic rings. The highest BCUT2D eigenvalue weighted by Crippen LogP contribution is 2.32. The van der Waals surface area contributed by atoms with Crippen LogP contribution in [0.25, 0.3) is 0 Å². The van der Waals surface area contributed by atoms with E-state index in [2.05, 4.69) is 32.7 Å². The highest BCUT2D eigenvalue weighted by atomic mass is 16.3. The Bertz CT molecular complexity index is 160. The Morgan fingerprint density at radius 3 is 2.58 bits per heavy atom. The van der Waals surface area contributed by atoms with E-state index >= 15 is 0 Å². The molecule has 0 bridgehead atoms. The molecule has 2 nitrogen and oxygen atoms in total. The van der Waals surface area contributed by atoms with E-state index in [0.29, 0.717) is 12.0 Å².